The lowest BCUT2D eigenvalue weighted by molar-refractivity contribution is -0.106. The Bertz CT molecular complexity index is 662. The van der Waals surface area contributed by atoms with Crippen molar-refractivity contribution in [3.05, 3.63) is 29.6 Å². The van der Waals surface area contributed by atoms with Gasteiger partial charge in [-0.1, -0.05) is 19.9 Å². The van der Waals surface area contributed by atoms with Gasteiger partial charge >= 0.3 is 0 Å². The molecule has 1 saturated heterocycles. The Hall–Kier alpha value is -1.82. The van der Waals surface area contributed by atoms with Crippen LogP contribution < -0.4 is 15.4 Å². The van der Waals surface area contributed by atoms with E-state index < -0.39 is 0 Å². The lowest BCUT2D eigenvalue weighted by atomic mass is 9.57. The van der Waals surface area contributed by atoms with Crippen LogP contribution in [0.2, 0.25) is 0 Å². The maximum absolute atomic E-state index is 13.9. The Kier molecular flexibility index (Phi) is 4.91. The van der Waals surface area contributed by atoms with Gasteiger partial charge in [-0.15, -0.1) is 0 Å². The molecule has 4 atom stereocenters. The van der Waals surface area contributed by atoms with Crippen LogP contribution in [-0.2, 0) is 4.74 Å². The third-order valence-electron chi connectivity index (χ3n) is 5.65. The van der Waals surface area contributed by atoms with Crippen molar-refractivity contribution in [2.75, 3.05) is 20.8 Å². The van der Waals surface area contributed by atoms with Gasteiger partial charge in [0.1, 0.15) is 0 Å². The number of nitrogens with zero attached hydrogens (tertiary/aromatic N) is 1. The summed E-state index contributed by atoms with van der Waals surface area (Å²) in [4.78, 5) is 4.35. The molecule has 0 aromatic heterocycles. The maximum atomic E-state index is 13.9. The summed E-state index contributed by atoms with van der Waals surface area (Å²) in [7, 11) is 3.22. The van der Waals surface area contributed by atoms with Crippen LogP contribution in [0.1, 0.15) is 38.8 Å². The predicted octanol–water partition coefficient (Wildman–Crippen LogP) is 2.87. The Balaban J connectivity index is 1.65. The highest BCUT2D eigenvalue weighted by Gasteiger charge is 2.59. The molecule has 2 fully saturated rings. The van der Waals surface area contributed by atoms with Gasteiger partial charge in [0.05, 0.1) is 19.3 Å². The first-order valence-corrected chi connectivity index (χ1v) is 8.83. The summed E-state index contributed by atoms with van der Waals surface area (Å²) in [6, 6.07) is 5.25. The van der Waals surface area contributed by atoms with Crippen LogP contribution in [0.3, 0.4) is 0 Å². The first kappa shape index (κ1) is 18.0. The molecule has 0 bridgehead atoms. The second-order valence-electron chi connectivity index (χ2n) is 7.52. The summed E-state index contributed by atoms with van der Waals surface area (Å²) in [5, 5.41) is 6.90. The minimum atomic E-state index is -0.359. The Morgan fingerprint density at radius 3 is 2.84 bits per heavy atom. The van der Waals surface area contributed by atoms with Crippen molar-refractivity contribution >= 4 is 5.96 Å². The molecule has 2 aliphatic rings. The molecule has 0 spiro atoms. The van der Waals surface area contributed by atoms with Crippen LogP contribution in [-0.4, -0.2) is 38.9 Å². The quantitative estimate of drug-likeness (QED) is 0.648. The third kappa shape index (κ3) is 3.19. The maximum Gasteiger partial charge on any atom is 0.191 e. The number of fused-ring (bicyclic) bond motifs is 1. The van der Waals surface area contributed by atoms with Crippen molar-refractivity contribution in [1.82, 2.24) is 10.6 Å². The molecule has 1 heterocycles. The van der Waals surface area contributed by atoms with Gasteiger partial charge in [-0.2, -0.15) is 0 Å². The largest absolute Gasteiger partial charge is 0.494 e. The van der Waals surface area contributed by atoms with Crippen molar-refractivity contribution < 1.29 is 13.9 Å². The van der Waals surface area contributed by atoms with E-state index in [9.17, 15) is 4.39 Å². The van der Waals surface area contributed by atoms with E-state index in [4.69, 9.17) is 9.47 Å². The molecule has 1 aliphatic heterocycles. The zero-order valence-corrected chi connectivity index (χ0v) is 15.6. The van der Waals surface area contributed by atoms with Crippen LogP contribution >= 0.6 is 0 Å². The minimum absolute atomic E-state index is 0.0776. The Labute approximate surface area is 149 Å². The van der Waals surface area contributed by atoms with Crippen molar-refractivity contribution in [3.8, 4) is 5.75 Å². The topological polar surface area (TPSA) is 54.9 Å². The second-order valence-corrected chi connectivity index (χ2v) is 7.52. The van der Waals surface area contributed by atoms with Crippen LogP contribution in [0.25, 0.3) is 0 Å². The predicted molar refractivity (Wildman–Crippen MR) is 96.4 cm³/mol. The summed E-state index contributed by atoms with van der Waals surface area (Å²) in [6.07, 6.45) is 1.42. The summed E-state index contributed by atoms with van der Waals surface area (Å²) >= 11 is 0. The van der Waals surface area contributed by atoms with Crippen molar-refractivity contribution in [2.24, 2.45) is 16.3 Å². The first-order valence-electron chi connectivity index (χ1n) is 8.83. The molecular weight excluding hydrogens is 321 g/mol. The molecule has 6 heteroatoms. The van der Waals surface area contributed by atoms with Gasteiger partial charge in [0.25, 0.3) is 0 Å². The molecule has 1 aromatic carbocycles. The van der Waals surface area contributed by atoms with Crippen molar-refractivity contribution in [3.63, 3.8) is 0 Å². The fourth-order valence-electron chi connectivity index (χ4n) is 4.18. The molecule has 5 nitrogen and oxygen atoms in total. The van der Waals surface area contributed by atoms with Gasteiger partial charge in [-0.25, -0.2) is 4.39 Å². The number of guanidine groups is 1. The van der Waals surface area contributed by atoms with Crippen molar-refractivity contribution in [2.45, 2.75) is 45.4 Å². The summed E-state index contributed by atoms with van der Waals surface area (Å²) in [6.45, 7) is 7.28. The Morgan fingerprint density at radius 1 is 1.44 bits per heavy atom. The fraction of sp³-hybridized carbons (Fsp3) is 0.632. The number of ether oxygens (including phenoxy) is 2. The molecule has 1 saturated carbocycles. The molecule has 2 N–H and O–H groups in total. The van der Waals surface area contributed by atoms with Crippen LogP contribution in [0.4, 0.5) is 4.39 Å². The SMILES string of the molecule is CN=C(NC(C)c1ccc(OC)c(F)c1)NC1C2CCOC2C1(C)C. The highest BCUT2D eigenvalue weighted by molar-refractivity contribution is 5.80. The van der Waals surface area contributed by atoms with E-state index in [1.54, 1.807) is 13.1 Å². The zero-order chi connectivity index (χ0) is 18.2. The van der Waals surface area contributed by atoms with Crippen LogP contribution in [0.5, 0.6) is 5.75 Å². The van der Waals surface area contributed by atoms with Crippen LogP contribution in [0, 0.1) is 17.2 Å². The Morgan fingerprint density at radius 2 is 2.20 bits per heavy atom. The normalized spacial score (nSPS) is 28.7. The lowest BCUT2D eigenvalue weighted by Gasteiger charge is -2.55. The van der Waals surface area contributed by atoms with E-state index in [1.807, 2.05) is 13.0 Å². The second kappa shape index (κ2) is 6.83. The summed E-state index contributed by atoms with van der Waals surface area (Å²) in [5.74, 6) is 1.15. The standard InChI is InChI=1S/C19H28FN3O2/c1-11(12-6-7-15(24-5)14(20)10-12)22-18(21-4)23-16-13-8-9-25-17(13)19(16,2)3/h6-7,10-11,13,16-17H,8-9H2,1-5H3,(H2,21,22,23). The lowest BCUT2D eigenvalue weighted by Crippen LogP contribution is -2.68. The minimum Gasteiger partial charge on any atom is -0.494 e. The van der Waals surface area contributed by atoms with Gasteiger partial charge in [0.2, 0.25) is 0 Å². The molecule has 138 valence electrons. The number of rotatable bonds is 4. The van der Waals surface area contributed by atoms with Gasteiger partial charge < -0.3 is 20.1 Å². The summed E-state index contributed by atoms with van der Waals surface area (Å²) < 4.78 is 24.8. The molecule has 0 amide bonds. The molecule has 1 aromatic rings. The molecular formula is C19H28FN3O2. The number of methoxy groups -OCH3 is 1. The van der Waals surface area contributed by atoms with Gasteiger partial charge in [0, 0.05) is 31.0 Å². The number of benzene rings is 1. The number of hydrogen-bond donors (Lipinski definition) is 2. The molecule has 25 heavy (non-hydrogen) atoms. The van der Waals surface area contributed by atoms with E-state index in [0.717, 1.165) is 24.6 Å². The van der Waals surface area contributed by atoms with E-state index in [1.165, 1.54) is 13.2 Å². The van der Waals surface area contributed by atoms with Crippen molar-refractivity contribution in [1.29, 1.82) is 0 Å². The zero-order valence-electron chi connectivity index (χ0n) is 15.6. The fourth-order valence-corrected chi connectivity index (χ4v) is 4.18. The summed E-state index contributed by atoms with van der Waals surface area (Å²) in [5.41, 5.74) is 0.921. The third-order valence-corrected chi connectivity index (χ3v) is 5.65. The molecule has 0 radical (unpaired) electrons. The van der Waals surface area contributed by atoms with E-state index in [-0.39, 0.29) is 23.0 Å². The number of nitrogens with one attached hydrogen (secondary N) is 2. The number of hydrogen-bond acceptors (Lipinski definition) is 3. The van der Waals surface area contributed by atoms with E-state index in [2.05, 4.69) is 29.5 Å². The molecule has 1 aliphatic carbocycles. The highest BCUT2D eigenvalue weighted by atomic mass is 19.1. The number of halogens is 1. The van der Waals surface area contributed by atoms with Gasteiger partial charge in [0.15, 0.2) is 17.5 Å². The smallest absolute Gasteiger partial charge is 0.191 e. The van der Waals surface area contributed by atoms with Crippen LogP contribution in [0.15, 0.2) is 23.2 Å². The number of aliphatic imine (C=N–C) groups is 1. The van der Waals surface area contributed by atoms with Gasteiger partial charge in [-0.3, -0.25) is 4.99 Å². The molecule has 4 unspecified atom stereocenters. The van der Waals surface area contributed by atoms with Gasteiger partial charge in [-0.05, 0) is 31.0 Å². The van der Waals surface area contributed by atoms with E-state index in [0.29, 0.717) is 18.1 Å². The average molecular weight is 349 g/mol. The monoisotopic (exact) mass is 349 g/mol. The first-order chi connectivity index (χ1) is 11.9. The highest BCUT2D eigenvalue weighted by Crippen LogP contribution is 2.52. The molecule has 3 rings (SSSR count). The van der Waals surface area contributed by atoms with E-state index >= 15 is 0 Å². The average Bonchev–Trinajstić information content (AvgIpc) is 3.05.